The lowest BCUT2D eigenvalue weighted by Crippen LogP contribution is -2.19. The lowest BCUT2D eigenvalue weighted by atomic mass is 9.82. The number of rotatable bonds is 2. The van der Waals surface area contributed by atoms with Crippen LogP contribution in [0.15, 0.2) is 18.2 Å². The minimum Gasteiger partial charge on any atom is -0.320 e. The molecule has 1 nitrogen and oxygen atoms in total. The van der Waals surface area contributed by atoms with Gasteiger partial charge in [-0.15, -0.1) is 0 Å². The second-order valence-corrected chi connectivity index (χ2v) is 6.32. The van der Waals surface area contributed by atoms with E-state index in [0.29, 0.717) is 0 Å². The van der Waals surface area contributed by atoms with Crippen molar-refractivity contribution in [3.63, 3.8) is 0 Å². The average Bonchev–Trinajstić information content (AvgIpc) is 2.43. The first-order chi connectivity index (χ1) is 9.77. The second kappa shape index (κ2) is 5.65. The number of nitrogens with two attached hydrogens (primary N) is 1. The molecule has 1 heteroatoms. The molecule has 2 N–H and O–H groups in total. The van der Waals surface area contributed by atoms with Crippen LogP contribution in [-0.4, -0.2) is 0 Å². The lowest BCUT2D eigenvalue weighted by Gasteiger charge is -2.25. The van der Waals surface area contributed by atoms with Crippen LogP contribution in [0.5, 0.6) is 0 Å². The topological polar surface area (TPSA) is 26.0 Å². The fraction of sp³-hybridized carbons (Fsp3) is 0.400. The number of hydrogen-bond acceptors (Lipinski definition) is 1. The van der Waals surface area contributed by atoms with Crippen LogP contribution in [0.1, 0.15) is 56.1 Å². The molecule has 0 heterocycles. The van der Waals surface area contributed by atoms with Gasteiger partial charge in [0.15, 0.2) is 0 Å². The molecule has 0 bridgehead atoms. The van der Waals surface area contributed by atoms with Crippen LogP contribution in [-0.2, 0) is 0 Å². The van der Waals surface area contributed by atoms with Gasteiger partial charge in [-0.25, -0.2) is 0 Å². The first-order valence-corrected chi connectivity index (χ1v) is 7.65. The molecule has 0 aliphatic heterocycles. The molecule has 2 aromatic carbocycles. The van der Waals surface area contributed by atoms with Crippen molar-refractivity contribution in [3.05, 3.63) is 68.3 Å². The molecule has 0 fully saturated rings. The Morgan fingerprint density at radius 3 is 1.43 bits per heavy atom. The molecule has 1 unspecified atom stereocenters. The van der Waals surface area contributed by atoms with Gasteiger partial charge in [0.05, 0.1) is 6.04 Å². The fourth-order valence-electron chi connectivity index (χ4n) is 3.46. The Labute approximate surface area is 129 Å². The largest absolute Gasteiger partial charge is 0.320 e. The molecule has 0 amide bonds. The summed E-state index contributed by atoms with van der Waals surface area (Å²) in [5.41, 5.74) is 18.6. The second-order valence-electron chi connectivity index (χ2n) is 6.32. The summed E-state index contributed by atoms with van der Waals surface area (Å²) in [7, 11) is 0. The summed E-state index contributed by atoms with van der Waals surface area (Å²) in [4.78, 5) is 0. The molecule has 0 aliphatic rings. The Balaban J connectivity index is 2.73. The molecule has 0 spiro atoms. The Bertz CT molecular complexity index is 646. The minimum atomic E-state index is -0.0517. The van der Waals surface area contributed by atoms with Gasteiger partial charge in [-0.2, -0.15) is 0 Å². The van der Waals surface area contributed by atoms with E-state index < -0.39 is 0 Å². The van der Waals surface area contributed by atoms with E-state index in [0.717, 1.165) is 0 Å². The van der Waals surface area contributed by atoms with E-state index in [1.807, 2.05) is 0 Å². The minimum absolute atomic E-state index is 0.0517. The monoisotopic (exact) mass is 281 g/mol. The van der Waals surface area contributed by atoms with Gasteiger partial charge in [-0.1, -0.05) is 18.2 Å². The van der Waals surface area contributed by atoms with E-state index in [4.69, 9.17) is 5.73 Å². The van der Waals surface area contributed by atoms with E-state index in [1.54, 1.807) is 0 Å². The Hall–Kier alpha value is -1.60. The molecular formula is C20H27N. The third kappa shape index (κ3) is 2.51. The molecule has 0 aromatic heterocycles. The SMILES string of the molecule is Cc1cccc(C)c1C(N)c1c(C)c(C)c(C)c(C)c1C. The molecule has 112 valence electrons. The van der Waals surface area contributed by atoms with Crippen molar-refractivity contribution in [3.8, 4) is 0 Å². The predicted molar refractivity (Wildman–Crippen MR) is 92.1 cm³/mol. The van der Waals surface area contributed by atoms with Gasteiger partial charge in [0.25, 0.3) is 0 Å². The fourth-order valence-corrected chi connectivity index (χ4v) is 3.46. The van der Waals surface area contributed by atoms with Crippen LogP contribution in [0.4, 0.5) is 0 Å². The molecule has 1 atom stereocenters. The first-order valence-electron chi connectivity index (χ1n) is 7.65. The van der Waals surface area contributed by atoms with E-state index >= 15 is 0 Å². The van der Waals surface area contributed by atoms with Gasteiger partial charge in [0, 0.05) is 0 Å². The van der Waals surface area contributed by atoms with Gasteiger partial charge in [-0.3, -0.25) is 0 Å². The predicted octanol–water partition coefficient (Wildman–Crippen LogP) is 4.89. The van der Waals surface area contributed by atoms with Crippen molar-refractivity contribution >= 4 is 0 Å². The highest BCUT2D eigenvalue weighted by atomic mass is 14.6. The summed E-state index contributed by atoms with van der Waals surface area (Å²) >= 11 is 0. The van der Waals surface area contributed by atoms with Crippen LogP contribution in [0.2, 0.25) is 0 Å². The number of aryl methyl sites for hydroxylation is 2. The molecule has 0 aliphatic carbocycles. The molecule has 0 saturated carbocycles. The van der Waals surface area contributed by atoms with Crippen LogP contribution in [0, 0.1) is 48.5 Å². The standard InChI is InChI=1S/C20H27N/c1-11-9-8-10-12(2)18(11)20(21)19-16(6)14(4)13(3)15(5)17(19)7/h8-10,20H,21H2,1-7H3. The normalized spacial score (nSPS) is 12.6. The van der Waals surface area contributed by atoms with Crippen molar-refractivity contribution < 1.29 is 0 Å². The van der Waals surface area contributed by atoms with Gasteiger partial charge in [-0.05, 0) is 98.5 Å². The average molecular weight is 281 g/mol. The van der Waals surface area contributed by atoms with Crippen molar-refractivity contribution in [2.75, 3.05) is 0 Å². The Morgan fingerprint density at radius 2 is 1.00 bits per heavy atom. The zero-order valence-corrected chi connectivity index (χ0v) is 14.4. The quantitative estimate of drug-likeness (QED) is 0.833. The number of benzene rings is 2. The summed E-state index contributed by atoms with van der Waals surface area (Å²) in [6, 6.07) is 6.36. The molecule has 0 radical (unpaired) electrons. The van der Waals surface area contributed by atoms with Crippen molar-refractivity contribution in [2.45, 2.75) is 54.5 Å². The van der Waals surface area contributed by atoms with Crippen LogP contribution in [0.3, 0.4) is 0 Å². The molecule has 0 saturated heterocycles. The maximum Gasteiger partial charge on any atom is 0.0562 e. The smallest absolute Gasteiger partial charge is 0.0562 e. The van der Waals surface area contributed by atoms with Gasteiger partial charge < -0.3 is 5.73 Å². The zero-order chi connectivity index (χ0) is 15.9. The summed E-state index contributed by atoms with van der Waals surface area (Å²) < 4.78 is 0. The maximum atomic E-state index is 6.71. The summed E-state index contributed by atoms with van der Waals surface area (Å²) in [6.07, 6.45) is 0. The third-order valence-corrected chi connectivity index (χ3v) is 5.22. The highest BCUT2D eigenvalue weighted by Gasteiger charge is 2.21. The molecule has 21 heavy (non-hydrogen) atoms. The Kier molecular flexibility index (Phi) is 4.25. The van der Waals surface area contributed by atoms with E-state index in [-0.39, 0.29) is 6.04 Å². The Morgan fingerprint density at radius 1 is 0.619 bits per heavy atom. The number of hydrogen-bond donors (Lipinski definition) is 1. The van der Waals surface area contributed by atoms with Crippen LogP contribution >= 0.6 is 0 Å². The maximum absolute atomic E-state index is 6.71. The van der Waals surface area contributed by atoms with Gasteiger partial charge >= 0.3 is 0 Å². The van der Waals surface area contributed by atoms with Crippen molar-refractivity contribution in [1.29, 1.82) is 0 Å². The highest BCUT2D eigenvalue weighted by Crippen LogP contribution is 2.34. The van der Waals surface area contributed by atoms with Gasteiger partial charge in [0.2, 0.25) is 0 Å². The van der Waals surface area contributed by atoms with Crippen molar-refractivity contribution in [2.24, 2.45) is 5.73 Å². The van der Waals surface area contributed by atoms with Crippen LogP contribution in [0.25, 0.3) is 0 Å². The molecular weight excluding hydrogens is 254 g/mol. The highest BCUT2D eigenvalue weighted by molar-refractivity contribution is 5.54. The third-order valence-electron chi connectivity index (χ3n) is 5.22. The van der Waals surface area contributed by atoms with E-state index in [2.05, 4.69) is 66.7 Å². The summed E-state index contributed by atoms with van der Waals surface area (Å²) in [5.74, 6) is 0. The molecule has 2 rings (SSSR count). The van der Waals surface area contributed by atoms with Crippen molar-refractivity contribution in [1.82, 2.24) is 0 Å². The first kappa shape index (κ1) is 15.8. The van der Waals surface area contributed by atoms with Gasteiger partial charge in [0.1, 0.15) is 0 Å². The summed E-state index contributed by atoms with van der Waals surface area (Å²) in [5, 5.41) is 0. The van der Waals surface area contributed by atoms with E-state index in [1.165, 1.54) is 50.1 Å². The molecule has 2 aromatic rings. The van der Waals surface area contributed by atoms with E-state index in [9.17, 15) is 0 Å². The lowest BCUT2D eigenvalue weighted by molar-refractivity contribution is 0.826. The van der Waals surface area contributed by atoms with Crippen LogP contribution < -0.4 is 5.73 Å². The zero-order valence-electron chi connectivity index (χ0n) is 14.4. The summed E-state index contributed by atoms with van der Waals surface area (Å²) in [6.45, 7) is 15.3.